The molecule has 1 aliphatic heterocycles. The zero-order chi connectivity index (χ0) is 6.15. The van der Waals surface area contributed by atoms with Gasteiger partial charge in [-0.15, -0.1) is 0 Å². The van der Waals surface area contributed by atoms with Gasteiger partial charge >= 0.3 is 6.03 Å². The van der Waals surface area contributed by atoms with Crippen LogP contribution in [0.3, 0.4) is 0 Å². The van der Waals surface area contributed by atoms with E-state index in [2.05, 4.69) is 10.7 Å². The maximum atomic E-state index is 10.5. The summed E-state index contributed by atoms with van der Waals surface area (Å²) in [6, 6.07) is -0.204. The van der Waals surface area contributed by atoms with Crippen molar-refractivity contribution in [1.82, 2.24) is 15.8 Å². The third-order valence-corrected chi connectivity index (χ3v) is 1.07. The molecule has 5 heteroatoms. The summed E-state index contributed by atoms with van der Waals surface area (Å²) in [5, 5.41) is 3.70. The van der Waals surface area contributed by atoms with Gasteiger partial charge in [-0.3, -0.25) is 5.01 Å². The van der Waals surface area contributed by atoms with Gasteiger partial charge in [-0.05, 0) is 0 Å². The number of urea groups is 1. The number of nitrogens with zero attached hydrogens (tertiary/aromatic N) is 1. The van der Waals surface area contributed by atoms with Crippen LogP contribution in [0.5, 0.6) is 0 Å². The molecule has 1 atom stereocenters. The Morgan fingerprint density at radius 1 is 1.88 bits per heavy atom. The lowest BCUT2D eigenvalue weighted by Crippen LogP contribution is -2.31. The van der Waals surface area contributed by atoms with Crippen molar-refractivity contribution in [2.45, 2.75) is 5.62 Å². The number of carbonyl (C=O) groups excluding carboxylic acids is 1. The third kappa shape index (κ3) is 0.850. The van der Waals surface area contributed by atoms with Crippen LogP contribution in [0.25, 0.3) is 0 Å². The molecule has 2 amide bonds. The Hall–Kier alpha value is -0.480. The molecule has 2 N–H and O–H groups in total. The van der Waals surface area contributed by atoms with Crippen molar-refractivity contribution in [2.75, 3.05) is 7.05 Å². The van der Waals surface area contributed by atoms with Gasteiger partial charge in [0.2, 0.25) is 0 Å². The van der Waals surface area contributed by atoms with Crippen molar-refractivity contribution < 1.29 is 4.79 Å². The summed E-state index contributed by atoms with van der Waals surface area (Å²) < 4.78 is 0. The Bertz CT molecular complexity index is 117. The van der Waals surface area contributed by atoms with Gasteiger partial charge in [-0.1, -0.05) is 11.6 Å². The fourth-order valence-electron chi connectivity index (χ4n) is 0.466. The Kier molecular flexibility index (Phi) is 1.27. The van der Waals surface area contributed by atoms with Crippen molar-refractivity contribution in [3.8, 4) is 0 Å². The van der Waals surface area contributed by atoms with Gasteiger partial charge in [0, 0.05) is 7.05 Å². The first-order valence-corrected chi connectivity index (χ1v) is 2.58. The summed E-state index contributed by atoms with van der Waals surface area (Å²) in [4.78, 5) is 10.5. The highest BCUT2D eigenvalue weighted by atomic mass is 35.5. The quantitative estimate of drug-likeness (QED) is 0.353. The minimum atomic E-state index is -0.451. The Morgan fingerprint density at radius 3 is 2.62 bits per heavy atom. The van der Waals surface area contributed by atoms with Gasteiger partial charge in [-0.2, -0.15) is 5.43 Å². The Balaban J connectivity index is 2.51. The molecule has 4 nitrogen and oxygen atoms in total. The summed E-state index contributed by atoms with van der Waals surface area (Å²) in [5.74, 6) is 0. The van der Waals surface area contributed by atoms with E-state index in [9.17, 15) is 4.79 Å². The van der Waals surface area contributed by atoms with Crippen LogP contribution >= 0.6 is 11.6 Å². The van der Waals surface area contributed by atoms with Crippen molar-refractivity contribution in [1.29, 1.82) is 0 Å². The molecule has 8 heavy (non-hydrogen) atoms. The van der Waals surface area contributed by atoms with Crippen LogP contribution < -0.4 is 10.7 Å². The zero-order valence-electron chi connectivity index (χ0n) is 4.31. The SMILES string of the molecule is CN1NC(Cl)NC1=O. The van der Waals surface area contributed by atoms with Crippen LogP contribution in [0.15, 0.2) is 0 Å². The summed E-state index contributed by atoms with van der Waals surface area (Å²) in [6.45, 7) is 0. The number of carbonyl (C=O) groups is 1. The van der Waals surface area contributed by atoms with Gasteiger partial charge < -0.3 is 5.32 Å². The fraction of sp³-hybridized carbons (Fsp3) is 0.667. The standard InChI is InChI=1S/C3H6ClN3O/c1-7-3(8)5-2(4)6-7/h2,6H,1H3,(H,5,8). The minimum Gasteiger partial charge on any atom is -0.307 e. The van der Waals surface area contributed by atoms with Crippen LogP contribution in [-0.4, -0.2) is 23.7 Å². The fourth-order valence-corrected chi connectivity index (χ4v) is 0.706. The zero-order valence-corrected chi connectivity index (χ0v) is 5.07. The van der Waals surface area contributed by atoms with Gasteiger partial charge in [0.05, 0.1) is 0 Å². The highest BCUT2D eigenvalue weighted by Gasteiger charge is 2.21. The second-order valence-electron chi connectivity index (χ2n) is 1.50. The molecule has 0 saturated carbocycles. The van der Waals surface area contributed by atoms with Crippen molar-refractivity contribution in [2.24, 2.45) is 0 Å². The highest BCUT2D eigenvalue weighted by Crippen LogP contribution is 1.95. The topological polar surface area (TPSA) is 44.4 Å². The second kappa shape index (κ2) is 1.80. The summed E-state index contributed by atoms with van der Waals surface area (Å²) in [5.41, 5.74) is 2.15. The molecule has 1 heterocycles. The number of amides is 2. The monoisotopic (exact) mass is 135 g/mol. The molecule has 0 aromatic carbocycles. The number of hydrazine groups is 1. The van der Waals surface area contributed by atoms with Gasteiger partial charge in [-0.25, -0.2) is 4.79 Å². The highest BCUT2D eigenvalue weighted by molar-refractivity contribution is 6.21. The average Bonchev–Trinajstić information content (AvgIpc) is 1.85. The molecular weight excluding hydrogens is 130 g/mol. The predicted octanol–water partition coefficient (Wildman–Crippen LogP) is -0.332. The molecule has 0 aliphatic carbocycles. The average molecular weight is 136 g/mol. The van der Waals surface area contributed by atoms with Crippen LogP contribution in [0.2, 0.25) is 0 Å². The molecule has 1 rings (SSSR count). The molecule has 0 spiro atoms. The minimum absolute atomic E-state index is 0.204. The number of halogens is 1. The van der Waals surface area contributed by atoms with Crippen LogP contribution in [0.1, 0.15) is 0 Å². The van der Waals surface area contributed by atoms with E-state index in [1.807, 2.05) is 0 Å². The Morgan fingerprint density at radius 2 is 2.50 bits per heavy atom. The lowest BCUT2D eigenvalue weighted by atomic mass is 11.0. The number of hydrogen-bond donors (Lipinski definition) is 2. The molecule has 0 aromatic rings. The normalized spacial score (nSPS) is 28.5. The van der Waals surface area contributed by atoms with Gasteiger partial charge in [0.1, 0.15) is 0 Å². The van der Waals surface area contributed by atoms with Crippen LogP contribution in [0, 0.1) is 0 Å². The number of rotatable bonds is 0. The summed E-state index contributed by atoms with van der Waals surface area (Å²) in [6.07, 6.45) is 0. The van der Waals surface area contributed by atoms with Crippen LogP contribution in [-0.2, 0) is 0 Å². The molecule has 1 aliphatic rings. The van der Waals surface area contributed by atoms with E-state index in [-0.39, 0.29) is 6.03 Å². The van der Waals surface area contributed by atoms with E-state index < -0.39 is 5.62 Å². The van der Waals surface area contributed by atoms with Crippen molar-refractivity contribution >= 4 is 17.6 Å². The van der Waals surface area contributed by atoms with E-state index in [0.29, 0.717) is 0 Å². The van der Waals surface area contributed by atoms with Crippen LogP contribution in [0.4, 0.5) is 4.79 Å². The Labute approximate surface area is 51.8 Å². The summed E-state index contributed by atoms with van der Waals surface area (Å²) in [7, 11) is 1.59. The maximum Gasteiger partial charge on any atom is 0.333 e. The third-order valence-electron chi connectivity index (χ3n) is 0.862. The molecule has 1 fully saturated rings. The smallest absolute Gasteiger partial charge is 0.307 e. The number of hydrogen-bond acceptors (Lipinski definition) is 2. The molecule has 46 valence electrons. The number of alkyl halides is 1. The lowest BCUT2D eigenvalue weighted by Gasteiger charge is -2.03. The van der Waals surface area contributed by atoms with Gasteiger partial charge in [0.15, 0.2) is 5.62 Å². The van der Waals surface area contributed by atoms with E-state index in [0.717, 1.165) is 0 Å². The number of nitrogens with one attached hydrogen (secondary N) is 2. The van der Waals surface area contributed by atoms with E-state index in [4.69, 9.17) is 11.6 Å². The first-order chi connectivity index (χ1) is 3.70. The van der Waals surface area contributed by atoms with E-state index >= 15 is 0 Å². The summed E-state index contributed by atoms with van der Waals surface area (Å²) >= 11 is 5.42. The van der Waals surface area contributed by atoms with Crippen molar-refractivity contribution in [3.63, 3.8) is 0 Å². The maximum absolute atomic E-state index is 10.5. The molecule has 0 bridgehead atoms. The van der Waals surface area contributed by atoms with E-state index in [1.54, 1.807) is 7.05 Å². The molecule has 0 aromatic heterocycles. The first-order valence-electron chi connectivity index (χ1n) is 2.14. The molecule has 1 unspecified atom stereocenters. The lowest BCUT2D eigenvalue weighted by molar-refractivity contribution is 0.214. The molecule has 1 saturated heterocycles. The predicted molar refractivity (Wildman–Crippen MR) is 29.1 cm³/mol. The molecule has 0 radical (unpaired) electrons. The molecular formula is C3H6ClN3O. The largest absolute Gasteiger partial charge is 0.333 e. The van der Waals surface area contributed by atoms with Crippen molar-refractivity contribution in [3.05, 3.63) is 0 Å². The second-order valence-corrected chi connectivity index (χ2v) is 1.94. The first kappa shape index (κ1) is 5.65. The van der Waals surface area contributed by atoms with E-state index in [1.165, 1.54) is 5.01 Å². The van der Waals surface area contributed by atoms with Gasteiger partial charge in [0.25, 0.3) is 0 Å².